The molecule has 2 rings (SSSR count). The second-order valence-corrected chi connectivity index (χ2v) is 7.52. The molecule has 0 spiro atoms. The maximum Gasteiger partial charge on any atom is 0.426 e. The highest BCUT2D eigenvalue weighted by Crippen LogP contribution is 2.34. The van der Waals surface area contributed by atoms with E-state index in [1.54, 1.807) is 0 Å². The molecule has 27 heavy (non-hydrogen) atoms. The van der Waals surface area contributed by atoms with Crippen LogP contribution in [0.25, 0.3) is 0 Å². The lowest BCUT2D eigenvalue weighted by molar-refractivity contribution is -0.242. The number of halogens is 3. The molecule has 0 aliphatic heterocycles. The average molecular weight is 404 g/mol. The van der Waals surface area contributed by atoms with Gasteiger partial charge in [0.15, 0.2) is 0 Å². The Morgan fingerprint density at radius 1 is 1.15 bits per heavy atom. The summed E-state index contributed by atoms with van der Waals surface area (Å²) in [5.41, 5.74) is -3.87. The number of carbonyl (C=O) groups is 1. The lowest BCUT2D eigenvalue weighted by atomic mass is 10.1. The number of pyridine rings is 1. The highest BCUT2D eigenvalue weighted by molar-refractivity contribution is 7.91. The maximum absolute atomic E-state index is 12.8. The summed E-state index contributed by atoms with van der Waals surface area (Å²) in [6, 6.07) is 5.76. The molecule has 146 valence electrons. The van der Waals surface area contributed by atoms with Crippen LogP contribution in [0.1, 0.15) is 6.92 Å². The van der Waals surface area contributed by atoms with Crippen molar-refractivity contribution in [1.82, 2.24) is 4.98 Å². The van der Waals surface area contributed by atoms with E-state index in [9.17, 15) is 31.5 Å². The third kappa shape index (κ3) is 4.03. The van der Waals surface area contributed by atoms with Gasteiger partial charge < -0.3 is 15.2 Å². The molecule has 11 heteroatoms. The second kappa shape index (κ2) is 7.16. The van der Waals surface area contributed by atoms with E-state index < -0.39 is 27.5 Å². The summed E-state index contributed by atoms with van der Waals surface area (Å²) in [5.74, 6) is -1.94. The number of amides is 1. The Bertz CT molecular complexity index is 944. The van der Waals surface area contributed by atoms with Crippen molar-refractivity contribution >= 4 is 21.4 Å². The van der Waals surface area contributed by atoms with Crippen molar-refractivity contribution in [3.05, 3.63) is 42.7 Å². The average Bonchev–Trinajstić information content (AvgIpc) is 2.61. The lowest BCUT2D eigenvalue weighted by Crippen LogP contribution is -2.52. The van der Waals surface area contributed by atoms with Gasteiger partial charge in [-0.1, -0.05) is 0 Å². The van der Waals surface area contributed by atoms with E-state index in [-0.39, 0.29) is 21.2 Å². The molecule has 0 fully saturated rings. The summed E-state index contributed by atoms with van der Waals surface area (Å²) in [4.78, 5) is 15.3. The van der Waals surface area contributed by atoms with E-state index in [1.165, 1.54) is 24.5 Å². The quantitative estimate of drug-likeness (QED) is 0.791. The summed E-state index contributed by atoms with van der Waals surface area (Å²) >= 11 is 0. The largest absolute Gasteiger partial charge is 0.495 e. The van der Waals surface area contributed by atoms with E-state index in [2.05, 4.69) is 4.98 Å². The van der Waals surface area contributed by atoms with Crippen LogP contribution in [0.5, 0.6) is 5.75 Å². The Morgan fingerprint density at radius 2 is 1.74 bits per heavy atom. The Kier molecular flexibility index (Phi) is 5.47. The molecule has 1 atom stereocenters. The van der Waals surface area contributed by atoms with Gasteiger partial charge in [0.2, 0.25) is 15.4 Å². The van der Waals surface area contributed by atoms with Crippen LogP contribution in [0.3, 0.4) is 0 Å². The Balaban J connectivity index is 2.39. The lowest BCUT2D eigenvalue weighted by Gasteiger charge is -2.25. The molecule has 7 nitrogen and oxygen atoms in total. The van der Waals surface area contributed by atoms with Gasteiger partial charge in [0.05, 0.1) is 22.6 Å². The molecule has 0 aliphatic carbocycles. The predicted octanol–water partition coefficient (Wildman–Crippen LogP) is 2.17. The molecule has 2 aromatic rings. The fourth-order valence-electron chi connectivity index (χ4n) is 1.97. The van der Waals surface area contributed by atoms with Gasteiger partial charge in [-0.25, -0.2) is 8.42 Å². The van der Waals surface area contributed by atoms with E-state index in [0.29, 0.717) is 6.92 Å². The molecule has 1 aromatic carbocycles. The normalized spacial score (nSPS) is 14.3. The molecular formula is C16H15F3N2O5S. The van der Waals surface area contributed by atoms with E-state index in [1.807, 2.05) is 5.32 Å². The first-order valence-corrected chi connectivity index (χ1v) is 8.83. The number of ether oxygens (including phenoxy) is 1. The molecule has 0 bridgehead atoms. The zero-order chi connectivity index (χ0) is 20.5. The number of aliphatic hydroxyl groups is 1. The first-order valence-electron chi connectivity index (χ1n) is 7.35. The van der Waals surface area contributed by atoms with Crippen molar-refractivity contribution in [2.75, 3.05) is 12.4 Å². The van der Waals surface area contributed by atoms with Gasteiger partial charge in [-0.15, -0.1) is 0 Å². The minimum absolute atomic E-state index is 0.0451. The zero-order valence-corrected chi connectivity index (χ0v) is 14.9. The number of hydrogen-bond acceptors (Lipinski definition) is 6. The van der Waals surface area contributed by atoms with Crippen molar-refractivity contribution in [3.63, 3.8) is 0 Å². The number of methoxy groups -OCH3 is 1. The third-order valence-electron chi connectivity index (χ3n) is 3.69. The zero-order valence-electron chi connectivity index (χ0n) is 14.1. The summed E-state index contributed by atoms with van der Waals surface area (Å²) in [5, 5.41) is 11.3. The smallest absolute Gasteiger partial charge is 0.426 e. The molecule has 0 radical (unpaired) electrons. The van der Waals surface area contributed by atoms with Gasteiger partial charge in [0.1, 0.15) is 5.75 Å². The van der Waals surface area contributed by atoms with Gasteiger partial charge in [0.25, 0.3) is 5.91 Å². The minimum atomic E-state index is -5.20. The number of sulfone groups is 1. The maximum atomic E-state index is 12.8. The summed E-state index contributed by atoms with van der Waals surface area (Å²) < 4.78 is 68.3. The molecule has 1 unspecified atom stereocenters. The molecule has 0 aliphatic rings. The van der Waals surface area contributed by atoms with E-state index >= 15 is 0 Å². The number of nitrogens with zero attached hydrogens (tertiary/aromatic N) is 1. The van der Waals surface area contributed by atoms with Crippen LogP contribution in [0, 0.1) is 0 Å². The van der Waals surface area contributed by atoms with Crippen molar-refractivity contribution in [1.29, 1.82) is 0 Å². The highest BCUT2D eigenvalue weighted by Gasteiger charge is 2.55. The van der Waals surface area contributed by atoms with Crippen molar-refractivity contribution in [3.8, 4) is 5.75 Å². The van der Waals surface area contributed by atoms with Crippen LogP contribution in [0.4, 0.5) is 18.9 Å². The first-order chi connectivity index (χ1) is 12.4. The van der Waals surface area contributed by atoms with Crippen molar-refractivity contribution < 1.29 is 36.2 Å². The van der Waals surface area contributed by atoms with Crippen molar-refractivity contribution in [2.24, 2.45) is 0 Å². The first kappa shape index (κ1) is 20.6. The number of anilines is 1. The summed E-state index contributed by atoms with van der Waals surface area (Å²) in [6.45, 7) is 0.303. The van der Waals surface area contributed by atoms with Crippen molar-refractivity contribution in [2.45, 2.75) is 28.5 Å². The number of aromatic nitrogens is 1. The molecular weight excluding hydrogens is 389 g/mol. The van der Waals surface area contributed by atoms with Crippen LogP contribution in [-0.4, -0.2) is 43.3 Å². The number of nitrogens with one attached hydrogen (secondary N) is 1. The third-order valence-corrected chi connectivity index (χ3v) is 5.45. The van der Waals surface area contributed by atoms with Crippen LogP contribution < -0.4 is 10.1 Å². The van der Waals surface area contributed by atoms with E-state index in [0.717, 1.165) is 25.3 Å². The number of carbonyl (C=O) groups excluding carboxylic acids is 1. The molecule has 0 saturated carbocycles. The predicted molar refractivity (Wildman–Crippen MR) is 88.0 cm³/mol. The fraction of sp³-hybridized carbons (Fsp3) is 0.250. The van der Waals surface area contributed by atoms with Crippen LogP contribution in [0.2, 0.25) is 0 Å². The highest BCUT2D eigenvalue weighted by atomic mass is 32.2. The van der Waals surface area contributed by atoms with E-state index in [4.69, 9.17) is 4.74 Å². The number of rotatable bonds is 5. The Labute approximate surface area is 152 Å². The topological polar surface area (TPSA) is 106 Å². The van der Waals surface area contributed by atoms with Gasteiger partial charge in [-0.3, -0.25) is 9.78 Å². The standard InChI is InChI=1S/C16H15F3N2O5S/c1-15(23,16(17,18)19)14(22)21-12-4-3-11(9-13(12)26-2)27(24,25)10-5-7-20-8-6-10/h3-9,23H,1-2H3,(H,21,22). The monoisotopic (exact) mass is 404 g/mol. The molecule has 0 saturated heterocycles. The summed E-state index contributed by atoms with van der Waals surface area (Å²) in [7, 11) is -2.78. The minimum Gasteiger partial charge on any atom is -0.495 e. The fourth-order valence-corrected chi connectivity index (χ4v) is 3.23. The molecule has 1 heterocycles. The second-order valence-electron chi connectivity index (χ2n) is 5.57. The Morgan fingerprint density at radius 3 is 2.26 bits per heavy atom. The van der Waals surface area contributed by atoms with Crippen LogP contribution in [-0.2, 0) is 14.6 Å². The van der Waals surface area contributed by atoms with Gasteiger partial charge >= 0.3 is 6.18 Å². The van der Waals surface area contributed by atoms with Gasteiger partial charge in [0, 0.05) is 18.5 Å². The number of hydrogen-bond donors (Lipinski definition) is 2. The summed E-state index contributed by atoms with van der Waals surface area (Å²) in [6.07, 6.45) is -2.62. The number of alkyl halides is 3. The molecule has 1 amide bonds. The van der Waals surface area contributed by atoms with Crippen LogP contribution in [0.15, 0.2) is 52.5 Å². The Hall–Kier alpha value is -2.66. The number of benzene rings is 1. The molecule has 1 aromatic heterocycles. The van der Waals surface area contributed by atoms with Gasteiger partial charge in [-0.05, 0) is 31.2 Å². The van der Waals surface area contributed by atoms with Crippen LogP contribution >= 0.6 is 0 Å². The van der Waals surface area contributed by atoms with Gasteiger partial charge in [-0.2, -0.15) is 13.2 Å². The SMILES string of the molecule is COc1cc(S(=O)(=O)c2ccncc2)ccc1NC(=O)C(C)(O)C(F)(F)F. The molecule has 2 N–H and O–H groups in total.